The molecule has 0 atom stereocenters. The summed E-state index contributed by atoms with van der Waals surface area (Å²) in [6.07, 6.45) is 1.72. The first-order valence-corrected chi connectivity index (χ1v) is 7.56. The van der Waals surface area contributed by atoms with Crippen LogP contribution in [0.2, 0.25) is 0 Å². The molecule has 1 aromatic carbocycles. The Morgan fingerprint density at radius 2 is 1.95 bits per heavy atom. The summed E-state index contributed by atoms with van der Waals surface area (Å²) >= 11 is 5.49. The Hall–Kier alpha value is -2.23. The van der Waals surface area contributed by atoms with Gasteiger partial charge in [-0.15, -0.1) is 0 Å². The Morgan fingerprint density at radius 3 is 2.64 bits per heavy atom. The Labute approximate surface area is 134 Å². The van der Waals surface area contributed by atoms with Crippen molar-refractivity contribution in [2.75, 3.05) is 31.2 Å². The molecule has 1 saturated heterocycles. The number of ether oxygens (including phenoxy) is 1. The molecule has 0 amide bonds. The van der Waals surface area contributed by atoms with Crippen molar-refractivity contribution in [3.8, 4) is 6.07 Å². The second kappa shape index (κ2) is 6.69. The van der Waals surface area contributed by atoms with Crippen LogP contribution in [-0.2, 0) is 11.3 Å². The number of morpholine rings is 1. The van der Waals surface area contributed by atoms with Gasteiger partial charge in [0, 0.05) is 19.6 Å². The number of anilines is 1. The maximum absolute atomic E-state index is 9.49. The van der Waals surface area contributed by atoms with Crippen molar-refractivity contribution in [2.24, 2.45) is 0 Å². The zero-order valence-electron chi connectivity index (χ0n) is 12.1. The number of benzene rings is 1. The maximum atomic E-state index is 9.49. The smallest absolute Gasteiger partial charge is 0.151 e. The van der Waals surface area contributed by atoms with Gasteiger partial charge in [-0.1, -0.05) is 42.5 Å². The lowest BCUT2D eigenvalue weighted by Gasteiger charge is -2.28. The fraction of sp³-hybridized carbons (Fsp3) is 0.312. The molecule has 0 radical (unpaired) electrons. The van der Waals surface area contributed by atoms with Crippen molar-refractivity contribution < 1.29 is 4.74 Å². The van der Waals surface area contributed by atoms with Crippen molar-refractivity contribution in [3.05, 3.63) is 52.4 Å². The largest absolute Gasteiger partial charge is 0.378 e. The zero-order chi connectivity index (χ0) is 15.4. The molecule has 3 rings (SSSR count). The molecular formula is C16H16N4OS. The van der Waals surface area contributed by atoms with Crippen LogP contribution < -0.4 is 4.90 Å². The van der Waals surface area contributed by atoms with Crippen molar-refractivity contribution in [1.82, 2.24) is 9.55 Å². The predicted octanol–water partition coefficient (Wildman–Crippen LogP) is 2.37. The first kappa shape index (κ1) is 14.7. The molecule has 1 fully saturated rings. The molecule has 1 aliphatic heterocycles. The average molecular weight is 312 g/mol. The number of rotatable bonds is 3. The molecule has 22 heavy (non-hydrogen) atoms. The lowest BCUT2D eigenvalue weighted by Crippen LogP contribution is -2.37. The molecule has 1 aromatic heterocycles. The SMILES string of the molecule is N#Cc1c(N2CCOCC2)ncn(Cc2ccccc2)c1=S. The van der Waals surface area contributed by atoms with Gasteiger partial charge in [-0.25, -0.2) is 4.98 Å². The van der Waals surface area contributed by atoms with E-state index in [4.69, 9.17) is 17.0 Å². The summed E-state index contributed by atoms with van der Waals surface area (Å²) in [6.45, 7) is 3.39. The van der Waals surface area contributed by atoms with Crippen LogP contribution in [0.4, 0.5) is 5.82 Å². The minimum Gasteiger partial charge on any atom is -0.378 e. The molecule has 2 aromatic rings. The van der Waals surface area contributed by atoms with Crippen molar-refractivity contribution in [1.29, 1.82) is 5.26 Å². The van der Waals surface area contributed by atoms with Gasteiger partial charge in [0.25, 0.3) is 0 Å². The molecule has 0 N–H and O–H groups in total. The summed E-state index contributed by atoms with van der Waals surface area (Å²) in [5.74, 6) is 0.667. The lowest BCUT2D eigenvalue weighted by molar-refractivity contribution is 0.122. The molecule has 2 heterocycles. The van der Waals surface area contributed by atoms with Crippen LogP contribution in [0.3, 0.4) is 0 Å². The van der Waals surface area contributed by atoms with E-state index in [9.17, 15) is 5.26 Å². The highest BCUT2D eigenvalue weighted by Gasteiger charge is 2.18. The number of nitrogens with zero attached hydrogens (tertiary/aromatic N) is 4. The van der Waals surface area contributed by atoms with E-state index < -0.39 is 0 Å². The molecule has 0 aliphatic carbocycles. The summed E-state index contributed by atoms with van der Waals surface area (Å²) in [7, 11) is 0. The van der Waals surface area contributed by atoms with Crippen molar-refractivity contribution in [3.63, 3.8) is 0 Å². The van der Waals surface area contributed by atoms with E-state index in [0.29, 0.717) is 35.8 Å². The van der Waals surface area contributed by atoms with E-state index in [1.165, 1.54) is 0 Å². The van der Waals surface area contributed by atoms with Gasteiger partial charge < -0.3 is 14.2 Å². The molecule has 0 bridgehead atoms. The van der Waals surface area contributed by atoms with Crippen molar-refractivity contribution in [2.45, 2.75) is 6.54 Å². The second-order valence-corrected chi connectivity index (χ2v) is 5.46. The van der Waals surface area contributed by atoms with Gasteiger partial charge in [-0.05, 0) is 5.56 Å². The first-order chi connectivity index (χ1) is 10.8. The van der Waals surface area contributed by atoms with Crippen LogP contribution in [0.5, 0.6) is 0 Å². The second-order valence-electron chi connectivity index (χ2n) is 5.07. The highest BCUT2D eigenvalue weighted by Crippen LogP contribution is 2.19. The Kier molecular flexibility index (Phi) is 4.47. The lowest BCUT2D eigenvalue weighted by atomic mass is 10.2. The fourth-order valence-corrected chi connectivity index (χ4v) is 2.73. The van der Waals surface area contributed by atoms with Gasteiger partial charge in [0.15, 0.2) is 5.82 Å². The third-order valence-corrected chi connectivity index (χ3v) is 4.07. The summed E-state index contributed by atoms with van der Waals surface area (Å²) in [5.41, 5.74) is 1.60. The summed E-state index contributed by atoms with van der Waals surface area (Å²) in [4.78, 5) is 6.53. The standard InChI is InChI=1S/C16H16N4OS/c17-10-14-15(19-6-8-21-9-7-19)18-12-20(16(14)22)11-13-4-2-1-3-5-13/h1-5,12H,6-9,11H2. The quantitative estimate of drug-likeness (QED) is 0.815. The van der Waals surface area contributed by atoms with E-state index in [0.717, 1.165) is 18.7 Å². The normalized spacial score (nSPS) is 14.6. The molecule has 0 unspecified atom stereocenters. The van der Waals surface area contributed by atoms with Crippen LogP contribution in [0.15, 0.2) is 36.7 Å². The molecular weight excluding hydrogens is 296 g/mol. The maximum Gasteiger partial charge on any atom is 0.151 e. The number of hydrogen-bond donors (Lipinski definition) is 0. The average Bonchev–Trinajstić information content (AvgIpc) is 2.58. The van der Waals surface area contributed by atoms with Gasteiger partial charge in [0.05, 0.1) is 19.5 Å². The highest BCUT2D eigenvalue weighted by molar-refractivity contribution is 7.71. The molecule has 5 nitrogen and oxygen atoms in total. The van der Waals surface area contributed by atoms with Gasteiger partial charge in [0.2, 0.25) is 0 Å². The number of aromatic nitrogens is 2. The minimum absolute atomic E-state index is 0.468. The Bertz CT molecular complexity index is 745. The van der Waals surface area contributed by atoms with Gasteiger partial charge >= 0.3 is 0 Å². The van der Waals surface area contributed by atoms with Crippen LogP contribution in [0.25, 0.3) is 0 Å². The van der Waals surface area contributed by atoms with Crippen LogP contribution >= 0.6 is 12.2 Å². The van der Waals surface area contributed by atoms with E-state index in [1.807, 2.05) is 34.9 Å². The fourth-order valence-electron chi connectivity index (χ4n) is 2.49. The number of nitriles is 1. The summed E-state index contributed by atoms with van der Waals surface area (Å²) in [6, 6.07) is 12.2. The predicted molar refractivity (Wildman–Crippen MR) is 86.4 cm³/mol. The van der Waals surface area contributed by atoms with E-state index in [-0.39, 0.29) is 0 Å². The van der Waals surface area contributed by atoms with Crippen LogP contribution in [0, 0.1) is 16.0 Å². The molecule has 0 saturated carbocycles. The summed E-state index contributed by atoms with van der Waals surface area (Å²) in [5, 5.41) is 9.49. The highest BCUT2D eigenvalue weighted by atomic mass is 32.1. The topological polar surface area (TPSA) is 54.1 Å². The molecule has 112 valence electrons. The third-order valence-electron chi connectivity index (χ3n) is 3.64. The Morgan fingerprint density at radius 1 is 1.23 bits per heavy atom. The Balaban J connectivity index is 1.94. The molecule has 1 aliphatic rings. The monoisotopic (exact) mass is 312 g/mol. The zero-order valence-corrected chi connectivity index (χ0v) is 12.9. The first-order valence-electron chi connectivity index (χ1n) is 7.16. The van der Waals surface area contributed by atoms with E-state index in [1.54, 1.807) is 6.33 Å². The number of hydrogen-bond acceptors (Lipinski definition) is 5. The molecule has 0 spiro atoms. The van der Waals surface area contributed by atoms with Gasteiger partial charge in [-0.3, -0.25) is 0 Å². The molecule has 6 heteroatoms. The van der Waals surface area contributed by atoms with Crippen LogP contribution in [0.1, 0.15) is 11.1 Å². The van der Waals surface area contributed by atoms with Gasteiger partial charge in [0.1, 0.15) is 16.3 Å². The minimum atomic E-state index is 0.468. The van der Waals surface area contributed by atoms with Crippen molar-refractivity contribution >= 4 is 18.0 Å². The van der Waals surface area contributed by atoms with E-state index in [2.05, 4.69) is 16.0 Å². The van der Waals surface area contributed by atoms with E-state index >= 15 is 0 Å². The van der Waals surface area contributed by atoms with Crippen LogP contribution in [-0.4, -0.2) is 35.9 Å². The third kappa shape index (κ3) is 3.01. The van der Waals surface area contributed by atoms with Gasteiger partial charge in [-0.2, -0.15) is 5.26 Å². The summed E-state index contributed by atoms with van der Waals surface area (Å²) < 4.78 is 7.71.